The van der Waals surface area contributed by atoms with Gasteiger partial charge in [0.25, 0.3) is 5.91 Å². The Balaban J connectivity index is 1.53. The molecule has 0 unspecified atom stereocenters. The third kappa shape index (κ3) is 3.72. The molecule has 1 aromatic heterocycles. The summed E-state index contributed by atoms with van der Waals surface area (Å²) in [5.41, 5.74) is 1.75. The summed E-state index contributed by atoms with van der Waals surface area (Å²) in [6, 6.07) is 3.74. The Labute approximate surface area is 137 Å². The van der Waals surface area contributed by atoms with Crippen LogP contribution < -0.4 is 4.72 Å². The normalized spacial score (nSPS) is 21.2. The Morgan fingerprint density at radius 1 is 1.30 bits per heavy atom. The quantitative estimate of drug-likeness (QED) is 0.902. The number of hydrogen-bond donors (Lipinski definition) is 1. The summed E-state index contributed by atoms with van der Waals surface area (Å²) in [6.07, 6.45) is 6.49. The second-order valence-corrected chi connectivity index (χ2v) is 8.76. The molecule has 0 radical (unpaired) electrons. The van der Waals surface area contributed by atoms with Gasteiger partial charge in [-0.2, -0.15) is 0 Å². The summed E-state index contributed by atoms with van der Waals surface area (Å²) < 4.78 is 25.2. The van der Waals surface area contributed by atoms with Crippen LogP contribution in [0.2, 0.25) is 0 Å². The van der Waals surface area contributed by atoms with E-state index in [4.69, 9.17) is 0 Å². The number of sulfonamides is 1. The van der Waals surface area contributed by atoms with Gasteiger partial charge in [0.05, 0.1) is 11.8 Å². The number of nitrogens with zero attached hydrogens (tertiary/aromatic N) is 2. The van der Waals surface area contributed by atoms with Crippen molar-refractivity contribution in [2.45, 2.75) is 38.6 Å². The summed E-state index contributed by atoms with van der Waals surface area (Å²) in [6.45, 7) is 3.37. The molecule has 1 spiro atoms. The van der Waals surface area contributed by atoms with Crippen molar-refractivity contribution in [2.24, 2.45) is 5.41 Å². The lowest BCUT2D eigenvalue weighted by Crippen LogP contribution is -2.55. The topological polar surface area (TPSA) is 79.4 Å². The summed E-state index contributed by atoms with van der Waals surface area (Å²) in [5.74, 6) is 0.0393. The zero-order valence-electron chi connectivity index (χ0n) is 13.6. The number of piperidine rings is 1. The highest BCUT2D eigenvalue weighted by atomic mass is 32.2. The minimum Gasteiger partial charge on any atom is -0.339 e. The maximum atomic E-state index is 12.5. The summed E-state index contributed by atoms with van der Waals surface area (Å²) in [5, 5.41) is 0. The highest BCUT2D eigenvalue weighted by Crippen LogP contribution is 2.49. The van der Waals surface area contributed by atoms with Crippen LogP contribution in [0.1, 0.15) is 41.7 Å². The van der Waals surface area contributed by atoms with Crippen molar-refractivity contribution in [1.29, 1.82) is 0 Å². The standard InChI is InChI=1S/C16H23N3O3S/c1-12-3-4-13(11-17-12)15(20)19-7-5-16(6-8-19)9-14(10-16)18-23(2,21)22/h3-4,11,14,18H,5-10H2,1-2H3. The first kappa shape index (κ1) is 16.4. The molecule has 0 aromatic carbocycles. The Bertz CT molecular complexity index is 684. The molecule has 7 heteroatoms. The van der Waals surface area contributed by atoms with Gasteiger partial charge in [-0.3, -0.25) is 9.78 Å². The van der Waals surface area contributed by atoms with Gasteiger partial charge in [-0.1, -0.05) is 0 Å². The maximum Gasteiger partial charge on any atom is 0.255 e. The highest BCUT2D eigenvalue weighted by molar-refractivity contribution is 7.88. The fourth-order valence-electron chi connectivity index (χ4n) is 3.74. The van der Waals surface area contributed by atoms with Crippen LogP contribution in [0.25, 0.3) is 0 Å². The molecule has 1 aliphatic heterocycles. The number of pyridine rings is 1. The second kappa shape index (κ2) is 5.87. The lowest BCUT2D eigenvalue weighted by Gasteiger charge is -2.52. The smallest absolute Gasteiger partial charge is 0.255 e. The minimum atomic E-state index is -3.12. The van der Waals surface area contributed by atoms with Gasteiger partial charge in [0, 0.05) is 31.0 Å². The van der Waals surface area contributed by atoms with Gasteiger partial charge in [-0.25, -0.2) is 13.1 Å². The average Bonchev–Trinajstić information content (AvgIpc) is 2.45. The third-order valence-electron chi connectivity index (χ3n) is 5.01. The number of hydrogen-bond acceptors (Lipinski definition) is 4. The number of likely N-dealkylation sites (tertiary alicyclic amines) is 1. The number of aryl methyl sites for hydroxylation is 1. The lowest BCUT2D eigenvalue weighted by atomic mass is 9.60. The summed E-state index contributed by atoms with van der Waals surface area (Å²) >= 11 is 0. The van der Waals surface area contributed by atoms with Crippen LogP contribution in [0, 0.1) is 12.3 Å². The molecule has 1 N–H and O–H groups in total. The molecule has 1 saturated carbocycles. The van der Waals surface area contributed by atoms with Gasteiger partial charge in [-0.15, -0.1) is 0 Å². The van der Waals surface area contributed by atoms with Crippen molar-refractivity contribution in [3.8, 4) is 0 Å². The van der Waals surface area contributed by atoms with E-state index in [0.29, 0.717) is 5.56 Å². The van der Waals surface area contributed by atoms with Gasteiger partial charge in [0.15, 0.2) is 0 Å². The zero-order chi connectivity index (χ0) is 16.7. The molecule has 23 heavy (non-hydrogen) atoms. The van der Waals surface area contributed by atoms with E-state index in [1.54, 1.807) is 6.20 Å². The van der Waals surface area contributed by atoms with E-state index in [1.807, 2.05) is 24.0 Å². The Kier molecular flexibility index (Phi) is 4.18. The monoisotopic (exact) mass is 337 g/mol. The van der Waals surface area contributed by atoms with Crippen molar-refractivity contribution >= 4 is 15.9 Å². The van der Waals surface area contributed by atoms with E-state index in [2.05, 4.69) is 9.71 Å². The molecule has 3 rings (SSSR count). The van der Waals surface area contributed by atoms with Crippen molar-refractivity contribution in [3.05, 3.63) is 29.6 Å². The molecule has 126 valence electrons. The van der Waals surface area contributed by atoms with Crippen LogP contribution in [0.5, 0.6) is 0 Å². The molecule has 1 aromatic rings. The van der Waals surface area contributed by atoms with Crippen LogP contribution >= 0.6 is 0 Å². The van der Waals surface area contributed by atoms with Gasteiger partial charge in [0.1, 0.15) is 0 Å². The Morgan fingerprint density at radius 2 is 1.96 bits per heavy atom. The van der Waals surface area contributed by atoms with Crippen LogP contribution in [0.4, 0.5) is 0 Å². The molecule has 0 bridgehead atoms. The van der Waals surface area contributed by atoms with Gasteiger partial charge in [-0.05, 0) is 50.2 Å². The molecular formula is C16H23N3O3S. The highest BCUT2D eigenvalue weighted by Gasteiger charge is 2.47. The number of rotatable bonds is 3. The second-order valence-electron chi connectivity index (χ2n) is 6.98. The maximum absolute atomic E-state index is 12.5. The van der Waals surface area contributed by atoms with E-state index in [9.17, 15) is 13.2 Å². The van der Waals surface area contributed by atoms with Crippen molar-refractivity contribution in [1.82, 2.24) is 14.6 Å². The first-order valence-corrected chi connectivity index (χ1v) is 9.85. The first-order valence-electron chi connectivity index (χ1n) is 7.96. The minimum absolute atomic E-state index is 0.0393. The van der Waals surface area contributed by atoms with Gasteiger partial charge >= 0.3 is 0 Å². The average molecular weight is 337 g/mol. The summed E-state index contributed by atoms with van der Waals surface area (Å²) in [4.78, 5) is 18.5. The fraction of sp³-hybridized carbons (Fsp3) is 0.625. The third-order valence-corrected chi connectivity index (χ3v) is 5.77. The number of carbonyl (C=O) groups excluding carboxylic acids is 1. The van der Waals surface area contributed by atoms with E-state index in [1.165, 1.54) is 6.26 Å². The van der Waals surface area contributed by atoms with Crippen molar-refractivity contribution in [2.75, 3.05) is 19.3 Å². The Morgan fingerprint density at radius 3 is 2.48 bits per heavy atom. The van der Waals surface area contributed by atoms with Crippen molar-refractivity contribution in [3.63, 3.8) is 0 Å². The Hall–Kier alpha value is -1.47. The number of nitrogens with one attached hydrogen (secondary N) is 1. The lowest BCUT2D eigenvalue weighted by molar-refractivity contribution is 0.0138. The van der Waals surface area contributed by atoms with Crippen LogP contribution in [0.15, 0.2) is 18.3 Å². The molecule has 2 aliphatic rings. The first-order chi connectivity index (χ1) is 10.8. The fourth-order valence-corrected chi connectivity index (χ4v) is 4.51. The van der Waals surface area contributed by atoms with Gasteiger partial charge < -0.3 is 4.90 Å². The molecule has 1 aliphatic carbocycles. The largest absolute Gasteiger partial charge is 0.339 e. The molecule has 2 fully saturated rings. The van der Waals surface area contributed by atoms with Crippen LogP contribution in [0.3, 0.4) is 0 Å². The number of carbonyl (C=O) groups is 1. The number of aromatic nitrogens is 1. The van der Waals surface area contributed by atoms with Crippen LogP contribution in [-0.2, 0) is 10.0 Å². The van der Waals surface area contributed by atoms with E-state index >= 15 is 0 Å². The van der Waals surface area contributed by atoms with E-state index < -0.39 is 10.0 Å². The molecule has 2 heterocycles. The molecule has 1 amide bonds. The van der Waals surface area contributed by atoms with E-state index in [0.717, 1.165) is 44.5 Å². The predicted octanol–water partition coefficient (Wildman–Crippen LogP) is 1.32. The summed E-state index contributed by atoms with van der Waals surface area (Å²) in [7, 11) is -3.12. The van der Waals surface area contributed by atoms with E-state index in [-0.39, 0.29) is 17.4 Å². The van der Waals surface area contributed by atoms with Gasteiger partial charge in [0.2, 0.25) is 10.0 Å². The molecule has 1 saturated heterocycles. The van der Waals surface area contributed by atoms with Crippen molar-refractivity contribution < 1.29 is 13.2 Å². The zero-order valence-corrected chi connectivity index (χ0v) is 14.4. The molecule has 6 nitrogen and oxygen atoms in total. The SMILES string of the molecule is Cc1ccc(C(=O)N2CCC3(CC2)CC(NS(C)(=O)=O)C3)cn1. The molecular weight excluding hydrogens is 314 g/mol. The number of amides is 1. The van der Waals surface area contributed by atoms with Crippen LogP contribution in [-0.4, -0.2) is 49.6 Å². The predicted molar refractivity (Wildman–Crippen MR) is 87.5 cm³/mol. The molecule has 0 atom stereocenters.